The standard InChI is InChI=1S/C22H24N2O5/c1-4-24(14-21(25)23-16-6-5-7-17(11-16)27-2)13-15-10-22(26)29-20-12-18(28-3)8-9-19(15)20/h5-12H,4,13-14H2,1-3H3,(H,23,25)/p+1. The number of ether oxygens (including phenoxy) is 2. The van der Waals surface area contributed by atoms with Crippen molar-refractivity contribution in [1.29, 1.82) is 0 Å². The molecule has 3 aromatic rings. The molecule has 2 N–H and O–H groups in total. The van der Waals surface area contributed by atoms with Crippen molar-refractivity contribution in [3.8, 4) is 11.5 Å². The molecule has 0 aliphatic carbocycles. The molecule has 0 aliphatic rings. The van der Waals surface area contributed by atoms with Crippen LogP contribution in [0, 0.1) is 0 Å². The predicted octanol–water partition coefficient (Wildman–Crippen LogP) is 1.85. The van der Waals surface area contributed by atoms with Crippen molar-refractivity contribution < 1.29 is 23.6 Å². The lowest BCUT2D eigenvalue weighted by Crippen LogP contribution is -3.11. The highest BCUT2D eigenvalue weighted by Gasteiger charge is 2.17. The number of nitrogens with one attached hydrogen (secondary N) is 2. The highest BCUT2D eigenvalue weighted by Crippen LogP contribution is 2.22. The number of rotatable bonds is 8. The Morgan fingerprint density at radius 1 is 1.07 bits per heavy atom. The normalized spacial score (nSPS) is 11.8. The molecule has 1 heterocycles. The van der Waals surface area contributed by atoms with Crippen LogP contribution in [0.25, 0.3) is 11.0 Å². The highest BCUT2D eigenvalue weighted by molar-refractivity contribution is 5.91. The van der Waals surface area contributed by atoms with Crippen LogP contribution in [0.3, 0.4) is 0 Å². The summed E-state index contributed by atoms with van der Waals surface area (Å²) in [5, 5.41) is 3.73. The number of carbonyl (C=O) groups is 1. The van der Waals surface area contributed by atoms with E-state index in [9.17, 15) is 9.59 Å². The first kappa shape index (κ1) is 20.4. The molecule has 1 aromatic heterocycles. The molecule has 152 valence electrons. The Morgan fingerprint density at radius 3 is 2.55 bits per heavy atom. The third kappa shape index (κ3) is 5.14. The van der Waals surface area contributed by atoms with Gasteiger partial charge in [-0.15, -0.1) is 0 Å². The van der Waals surface area contributed by atoms with Crippen molar-refractivity contribution in [1.82, 2.24) is 0 Å². The van der Waals surface area contributed by atoms with E-state index >= 15 is 0 Å². The average Bonchev–Trinajstić information content (AvgIpc) is 2.72. The molecule has 1 atom stereocenters. The summed E-state index contributed by atoms with van der Waals surface area (Å²) in [5.74, 6) is 1.19. The van der Waals surface area contributed by atoms with Crippen molar-refractivity contribution >= 4 is 22.6 Å². The van der Waals surface area contributed by atoms with Gasteiger partial charge in [-0.25, -0.2) is 4.79 Å². The number of amides is 1. The first-order valence-electron chi connectivity index (χ1n) is 9.40. The van der Waals surface area contributed by atoms with Crippen LogP contribution in [0.15, 0.2) is 57.7 Å². The molecule has 2 aromatic carbocycles. The number of fused-ring (bicyclic) bond motifs is 1. The van der Waals surface area contributed by atoms with Gasteiger partial charge < -0.3 is 24.1 Å². The summed E-state index contributed by atoms with van der Waals surface area (Å²) >= 11 is 0. The zero-order valence-electron chi connectivity index (χ0n) is 16.8. The smallest absolute Gasteiger partial charge is 0.336 e. The van der Waals surface area contributed by atoms with E-state index in [1.165, 1.54) is 6.07 Å². The summed E-state index contributed by atoms with van der Waals surface area (Å²) in [6.45, 7) is 3.52. The number of anilines is 1. The summed E-state index contributed by atoms with van der Waals surface area (Å²) in [5.41, 5.74) is 1.58. The van der Waals surface area contributed by atoms with Crippen molar-refractivity contribution in [3.63, 3.8) is 0 Å². The molecular weight excluding hydrogens is 372 g/mol. The number of carbonyl (C=O) groups excluding carboxylic acids is 1. The Balaban J connectivity index is 1.75. The third-order valence-electron chi connectivity index (χ3n) is 4.74. The summed E-state index contributed by atoms with van der Waals surface area (Å²) in [6.07, 6.45) is 0. The number of hydrogen-bond acceptors (Lipinski definition) is 5. The number of hydrogen-bond donors (Lipinski definition) is 2. The molecule has 0 saturated carbocycles. The summed E-state index contributed by atoms with van der Waals surface area (Å²) in [7, 11) is 3.15. The zero-order valence-corrected chi connectivity index (χ0v) is 16.8. The fourth-order valence-electron chi connectivity index (χ4n) is 3.20. The quantitative estimate of drug-likeness (QED) is 0.567. The maximum atomic E-state index is 12.5. The largest absolute Gasteiger partial charge is 0.497 e. The van der Waals surface area contributed by atoms with Gasteiger partial charge in [0.2, 0.25) is 0 Å². The monoisotopic (exact) mass is 397 g/mol. The molecule has 0 saturated heterocycles. The van der Waals surface area contributed by atoms with Gasteiger partial charge in [-0.05, 0) is 31.2 Å². The molecule has 3 rings (SSSR count). The molecule has 1 unspecified atom stereocenters. The first-order chi connectivity index (χ1) is 14.0. The maximum Gasteiger partial charge on any atom is 0.336 e. The van der Waals surface area contributed by atoms with Crippen LogP contribution >= 0.6 is 0 Å². The first-order valence-corrected chi connectivity index (χ1v) is 9.40. The lowest BCUT2D eigenvalue weighted by Gasteiger charge is -2.18. The van der Waals surface area contributed by atoms with Crippen molar-refractivity contribution in [3.05, 3.63) is 64.5 Å². The van der Waals surface area contributed by atoms with Gasteiger partial charge in [0.15, 0.2) is 6.54 Å². The Bertz CT molecular complexity index is 1060. The topological polar surface area (TPSA) is 82.2 Å². The minimum Gasteiger partial charge on any atom is -0.497 e. The maximum absolute atomic E-state index is 12.5. The van der Waals surface area contributed by atoms with Gasteiger partial charge in [0.05, 0.1) is 20.8 Å². The average molecular weight is 397 g/mol. The molecule has 0 aliphatic heterocycles. The van der Waals surface area contributed by atoms with Gasteiger partial charge in [0.1, 0.15) is 23.6 Å². The van der Waals surface area contributed by atoms with E-state index in [0.717, 1.165) is 22.4 Å². The molecule has 7 nitrogen and oxygen atoms in total. The van der Waals surface area contributed by atoms with Crippen molar-refractivity contribution in [2.24, 2.45) is 0 Å². The SMILES string of the molecule is CC[NH+](CC(=O)Nc1cccc(OC)c1)Cc1cc(=O)oc2cc(OC)ccc12. The summed E-state index contributed by atoms with van der Waals surface area (Å²) in [4.78, 5) is 25.5. The van der Waals surface area contributed by atoms with Gasteiger partial charge in [0, 0.05) is 34.8 Å². The molecular formula is C22H25N2O5+. The molecule has 1 amide bonds. The fraction of sp³-hybridized carbons (Fsp3) is 0.273. The molecule has 0 fully saturated rings. The number of benzene rings is 2. The number of methoxy groups -OCH3 is 2. The number of likely N-dealkylation sites (N-methyl/N-ethyl adjacent to an activating group) is 1. The van der Waals surface area contributed by atoms with Crippen LogP contribution in [0.4, 0.5) is 5.69 Å². The van der Waals surface area contributed by atoms with Gasteiger partial charge in [-0.3, -0.25) is 4.79 Å². The van der Waals surface area contributed by atoms with E-state index in [-0.39, 0.29) is 12.5 Å². The van der Waals surface area contributed by atoms with Gasteiger partial charge in [-0.2, -0.15) is 0 Å². The van der Waals surface area contributed by atoms with E-state index < -0.39 is 5.63 Å². The fourth-order valence-corrected chi connectivity index (χ4v) is 3.20. The summed E-state index contributed by atoms with van der Waals surface area (Å²) < 4.78 is 15.7. The highest BCUT2D eigenvalue weighted by atomic mass is 16.5. The van der Waals surface area contributed by atoms with E-state index in [1.54, 1.807) is 26.4 Å². The zero-order chi connectivity index (χ0) is 20.8. The Kier molecular flexibility index (Phi) is 6.51. The molecule has 0 radical (unpaired) electrons. The second-order valence-electron chi connectivity index (χ2n) is 6.69. The van der Waals surface area contributed by atoms with Crippen LogP contribution < -0.4 is 25.3 Å². The predicted molar refractivity (Wildman–Crippen MR) is 111 cm³/mol. The van der Waals surface area contributed by atoms with Crippen LogP contribution in [0.5, 0.6) is 11.5 Å². The Morgan fingerprint density at radius 2 is 1.83 bits per heavy atom. The summed E-state index contributed by atoms with van der Waals surface area (Å²) in [6, 6.07) is 14.1. The Labute approximate surface area is 168 Å². The molecule has 0 bridgehead atoms. The molecule has 0 spiro atoms. The minimum absolute atomic E-state index is 0.107. The van der Waals surface area contributed by atoms with E-state index in [2.05, 4.69) is 5.32 Å². The molecule has 29 heavy (non-hydrogen) atoms. The van der Waals surface area contributed by atoms with Gasteiger partial charge in [-0.1, -0.05) is 6.07 Å². The lowest BCUT2D eigenvalue weighted by molar-refractivity contribution is -0.903. The minimum atomic E-state index is -0.419. The lowest BCUT2D eigenvalue weighted by atomic mass is 10.1. The third-order valence-corrected chi connectivity index (χ3v) is 4.74. The van der Waals surface area contributed by atoms with Crippen molar-refractivity contribution in [2.45, 2.75) is 13.5 Å². The Hall–Kier alpha value is -3.32. The van der Waals surface area contributed by atoms with E-state index in [4.69, 9.17) is 13.9 Å². The van der Waals surface area contributed by atoms with E-state index in [0.29, 0.717) is 29.3 Å². The van der Waals surface area contributed by atoms with Gasteiger partial charge >= 0.3 is 5.63 Å². The second kappa shape index (κ2) is 9.25. The van der Waals surface area contributed by atoms with Crippen LogP contribution in [-0.2, 0) is 11.3 Å². The van der Waals surface area contributed by atoms with Crippen LogP contribution in [-0.4, -0.2) is 33.2 Å². The van der Waals surface area contributed by atoms with E-state index in [1.807, 2.05) is 37.3 Å². The van der Waals surface area contributed by atoms with Crippen molar-refractivity contribution in [2.75, 3.05) is 32.6 Å². The number of quaternary nitrogens is 1. The van der Waals surface area contributed by atoms with Crippen LogP contribution in [0.2, 0.25) is 0 Å². The van der Waals surface area contributed by atoms with Crippen LogP contribution in [0.1, 0.15) is 12.5 Å². The second-order valence-corrected chi connectivity index (χ2v) is 6.69. The molecule has 7 heteroatoms. The van der Waals surface area contributed by atoms with Gasteiger partial charge in [0.25, 0.3) is 5.91 Å².